The first-order valence-electron chi connectivity index (χ1n) is 24.9. The average molecular weight is 886 g/mol. The molecule has 61 heavy (non-hydrogen) atoms. The first-order valence-corrected chi connectivity index (χ1v) is 26.4. The Labute approximate surface area is 372 Å². The van der Waals surface area contributed by atoms with Crippen molar-refractivity contribution in [3.63, 3.8) is 0 Å². The molecule has 12 heteroatoms. The normalized spacial score (nSPS) is 13.8. The number of esters is 2. The van der Waals surface area contributed by atoms with Gasteiger partial charge in [-0.3, -0.25) is 23.4 Å². The van der Waals surface area contributed by atoms with Crippen molar-refractivity contribution in [1.82, 2.24) is 0 Å². The van der Waals surface area contributed by atoms with Gasteiger partial charge < -0.3 is 25.2 Å². The van der Waals surface area contributed by atoms with Crippen LogP contribution in [0.3, 0.4) is 0 Å². The highest BCUT2D eigenvalue weighted by Gasteiger charge is 2.28. The zero-order valence-electron chi connectivity index (χ0n) is 39.0. The Morgan fingerprint density at radius 3 is 1.33 bits per heavy atom. The van der Waals surface area contributed by atoms with Crippen LogP contribution in [0.2, 0.25) is 0 Å². The number of phosphoric acid groups is 1. The molecule has 11 nitrogen and oxygen atoms in total. The fourth-order valence-electron chi connectivity index (χ4n) is 7.02. The third kappa shape index (κ3) is 44.4. The molecule has 0 rings (SSSR count). The van der Waals surface area contributed by atoms with Crippen LogP contribution in [0, 0.1) is 0 Å². The molecule has 0 radical (unpaired) electrons. The van der Waals surface area contributed by atoms with Gasteiger partial charge in [0.2, 0.25) is 0 Å². The molecule has 3 unspecified atom stereocenters. The second-order valence-electron chi connectivity index (χ2n) is 17.0. The second-order valence-corrected chi connectivity index (χ2v) is 18.4. The molecule has 0 aromatic heterocycles. The highest BCUT2D eigenvalue weighted by molar-refractivity contribution is 7.47. The number of nitrogens with two attached hydrogens (primary N) is 1. The van der Waals surface area contributed by atoms with Crippen molar-refractivity contribution < 1.29 is 47.5 Å². The first-order chi connectivity index (χ1) is 29.6. The number of unbranched alkanes of at least 4 members (excludes halogenated alkanes) is 29. The number of carbonyl (C=O) groups is 3. The van der Waals surface area contributed by atoms with Crippen LogP contribution in [0.15, 0.2) is 24.3 Å². The average Bonchev–Trinajstić information content (AvgIpc) is 3.24. The van der Waals surface area contributed by atoms with Crippen molar-refractivity contribution in [2.75, 3.05) is 19.8 Å². The fraction of sp³-hybridized carbons (Fsp3) is 0.857. The van der Waals surface area contributed by atoms with E-state index >= 15 is 0 Å². The smallest absolute Gasteiger partial charge is 0.472 e. The molecule has 0 spiro atoms. The molecular weight excluding hydrogens is 794 g/mol. The maximum Gasteiger partial charge on any atom is 0.472 e. The molecule has 358 valence electrons. The van der Waals surface area contributed by atoms with Gasteiger partial charge in [0.1, 0.15) is 12.6 Å². The van der Waals surface area contributed by atoms with Gasteiger partial charge in [0.25, 0.3) is 0 Å². The molecule has 0 amide bonds. The van der Waals surface area contributed by atoms with Crippen LogP contribution < -0.4 is 5.73 Å². The lowest BCUT2D eigenvalue weighted by Gasteiger charge is -2.20. The minimum absolute atomic E-state index is 0.148. The summed E-state index contributed by atoms with van der Waals surface area (Å²) in [6.07, 6.45) is 48.2. The van der Waals surface area contributed by atoms with E-state index in [1.807, 2.05) is 0 Å². The van der Waals surface area contributed by atoms with E-state index in [-0.39, 0.29) is 19.4 Å². The van der Waals surface area contributed by atoms with Gasteiger partial charge in [0.15, 0.2) is 6.10 Å². The van der Waals surface area contributed by atoms with Crippen molar-refractivity contribution in [2.45, 2.75) is 251 Å². The van der Waals surface area contributed by atoms with E-state index in [0.29, 0.717) is 12.8 Å². The highest BCUT2D eigenvalue weighted by Crippen LogP contribution is 2.43. The van der Waals surface area contributed by atoms with Crippen molar-refractivity contribution in [2.24, 2.45) is 5.73 Å². The van der Waals surface area contributed by atoms with E-state index < -0.39 is 51.1 Å². The molecule has 0 fully saturated rings. The molecule has 0 aliphatic carbocycles. The minimum atomic E-state index is -4.72. The van der Waals surface area contributed by atoms with E-state index in [9.17, 15) is 23.8 Å². The van der Waals surface area contributed by atoms with Crippen LogP contribution in [0.25, 0.3) is 0 Å². The van der Waals surface area contributed by atoms with E-state index in [1.165, 1.54) is 135 Å². The second kappa shape index (κ2) is 44.6. The third-order valence-corrected chi connectivity index (χ3v) is 11.9. The molecule has 4 N–H and O–H groups in total. The van der Waals surface area contributed by atoms with Crippen LogP contribution in [-0.2, 0) is 37.5 Å². The summed E-state index contributed by atoms with van der Waals surface area (Å²) in [5.74, 6) is -2.38. The molecule has 0 aromatic carbocycles. The molecular formula is C49H92NO10P. The van der Waals surface area contributed by atoms with Crippen molar-refractivity contribution in [1.29, 1.82) is 0 Å². The van der Waals surface area contributed by atoms with Gasteiger partial charge in [0, 0.05) is 12.8 Å². The van der Waals surface area contributed by atoms with Gasteiger partial charge in [-0.2, -0.15) is 0 Å². The van der Waals surface area contributed by atoms with Crippen LogP contribution in [0.5, 0.6) is 0 Å². The highest BCUT2D eigenvalue weighted by atomic mass is 31.2. The Hall–Kier alpha value is -2.04. The van der Waals surface area contributed by atoms with Gasteiger partial charge in [-0.15, -0.1) is 0 Å². The third-order valence-electron chi connectivity index (χ3n) is 11.0. The summed E-state index contributed by atoms with van der Waals surface area (Å²) in [5, 5.41) is 8.91. The Kier molecular flexibility index (Phi) is 43.1. The summed E-state index contributed by atoms with van der Waals surface area (Å²) in [6.45, 7) is 2.78. The summed E-state index contributed by atoms with van der Waals surface area (Å²) in [4.78, 5) is 46.1. The number of rotatable bonds is 47. The Balaban J connectivity index is 4.18. The molecule has 0 saturated heterocycles. The number of carbonyl (C=O) groups excluding carboxylic acids is 2. The number of hydrogen-bond donors (Lipinski definition) is 3. The van der Waals surface area contributed by atoms with Crippen LogP contribution in [-0.4, -0.2) is 59.9 Å². The topological polar surface area (TPSA) is 172 Å². The minimum Gasteiger partial charge on any atom is -0.480 e. The fourth-order valence-corrected chi connectivity index (χ4v) is 7.80. The van der Waals surface area contributed by atoms with E-state index in [1.54, 1.807) is 0 Å². The number of aliphatic carboxylic acids is 1. The van der Waals surface area contributed by atoms with Gasteiger partial charge in [-0.1, -0.05) is 212 Å². The van der Waals surface area contributed by atoms with Crippen LogP contribution in [0.4, 0.5) is 0 Å². The van der Waals surface area contributed by atoms with Crippen molar-refractivity contribution >= 4 is 25.7 Å². The summed E-state index contributed by atoms with van der Waals surface area (Å²) < 4.78 is 32.8. The number of phosphoric ester groups is 1. The maximum absolute atomic E-state index is 12.6. The molecule has 0 saturated carbocycles. The Bertz CT molecular complexity index is 1130. The van der Waals surface area contributed by atoms with Gasteiger partial charge >= 0.3 is 25.7 Å². The largest absolute Gasteiger partial charge is 0.480 e. The number of carboxylic acids is 1. The van der Waals surface area contributed by atoms with Crippen molar-refractivity contribution in [3.05, 3.63) is 24.3 Å². The standard InChI is InChI=1S/C49H92NO10P/c1-3-5-7-9-11-13-15-17-19-20-21-22-23-24-25-26-27-29-30-32-34-36-38-40-47(51)57-42-45(43-58-61(55,56)59-44-46(50)49(53)54)60-48(52)41-39-37-35-33-31-28-18-16-14-12-10-8-6-4-2/h10,12,16,18,45-46H,3-9,11,13-15,17,19-44,50H2,1-2H3,(H,53,54)(H,55,56)/b12-10-,18-16-. The zero-order valence-corrected chi connectivity index (χ0v) is 39.9. The monoisotopic (exact) mass is 886 g/mol. The van der Waals surface area contributed by atoms with Crippen molar-refractivity contribution in [3.8, 4) is 0 Å². The molecule has 0 bridgehead atoms. The molecule has 0 aromatic rings. The van der Waals surface area contributed by atoms with Gasteiger partial charge in [0.05, 0.1) is 13.2 Å². The van der Waals surface area contributed by atoms with Crippen LogP contribution in [0.1, 0.15) is 239 Å². The van der Waals surface area contributed by atoms with E-state index in [2.05, 4.69) is 42.7 Å². The predicted octanol–water partition coefficient (Wildman–Crippen LogP) is 13.8. The lowest BCUT2D eigenvalue weighted by atomic mass is 10.0. The number of carboxylic acid groups (broad SMARTS) is 1. The van der Waals surface area contributed by atoms with Gasteiger partial charge in [-0.25, -0.2) is 4.57 Å². The summed E-state index contributed by atoms with van der Waals surface area (Å²) in [7, 11) is -4.72. The molecule has 0 heterocycles. The number of hydrogen-bond acceptors (Lipinski definition) is 9. The number of ether oxygens (including phenoxy) is 2. The lowest BCUT2D eigenvalue weighted by Crippen LogP contribution is -2.34. The number of allylic oxidation sites excluding steroid dienone is 4. The quantitative estimate of drug-likeness (QED) is 0.0230. The SMILES string of the molecule is CCCC/C=C\C/C=C\CCCCCCCC(=O)OC(COC(=O)CCCCCCCCCCCCCCCCCCCCCCCCC)COP(=O)(O)OCC(N)C(=O)O. The Morgan fingerprint density at radius 1 is 0.508 bits per heavy atom. The lowest BCUT2D eigenvalue weighted by molar-refractivity contribution is -0.161. The summed E-state index contributed by atoms with van der Waals surface area (Å²) >= 11 is 0. The van der Waals surface area contributed by atoms with E-state index in [4.69, 9.17) is 24.8 Å². The zero-order chi connectivity index (χ0) is 44.9. The molecule has 3 atom stereocenters. The molecule has 0 aliphatic rings. The van der Waals surface area contributed by atoms with E-state index in [0.717, 1.165) is 64.2 Å². The summed E-state index contributed by atoms with van der Waals surface area (Å²) in [5.41, 5.74) is 5.34. The first kappa shape index (κ1) is 59.0. The van der Waals surface area contributed by atoms with Crippen LogP contribution >= 0.6 is 7.82 Å². The molecule has 0 aliphatic heterocycles. The summed E-state index contributed by atoms with van der Waals surface area (Å²) in [6, 6.07) is -1.52. The maximum atomic E-state index is 12.6. The predicted molar refractivity (Wildman–Crippen MR) is 249 cm³/mol. The Morgan fingerprint density at radius 2 is 0.885 bits per heavy atom. The van der Waals surface area contributed by atoms with Gasteiger partial charge in [-0.05, 0) is 38.5 Å².